The van der Waals surface area contributed by atoms with Crippen LogP contribution < -0.4 is 5.73 Å². The van der Waals surface area contributed by atoms with Gasteiger partial charge in [-0.3, -0.25) is 0 Å². The Bertz CT molecular complexity index is 692. The minimum Gasteiger partial charge on any atom is -0.435 e. The first-order valence-corrected chi connectivity index (χ1v) is 7.14. The van der Waals surface area contributed by atoms with E-state index in [1.54, 1.807) is 11.3 Å². The van der Waals surface area contributed by atoms with E-state index < -0.39 is 0 Å². The van der Waals surface area contributed by atoms with Crippen LogP contribution in [0.15, 0.2) is 32.5 Å². The predicted octanol–water partition coefficient (Wildman–Crippen LogP) is 3.22. The van der Waals surface area contributed by atoms with Crippen LogP contribution in [0.3, 0.4) is 0 Å². The first-order chi connectivity index (χ1) is 8.76. The van der Waals surface area contributed by atoms with E-state index in [-0.39, 0.29) is 0 Å². The molecule has 1 aromatic carbocycles. The molecule has 0 atom stereocenters. The maximum absolute atomic E-state index is 5.68. The van der Waals surface area contributed by atoms with Crippen LogP contribution in [0.5, 0.6) is 0 Å². The van der Waals surface area contributed by atoms with Gasteiger partial charge in [0.05, 0.1) is 5.01 Å². The average molecular weight is 324 g/mol. The van der Waals surface area contributed by atoms with E-state index in [2.05, 4.69) is 25.9 Å². The van der Waals surface area contributed by atoms with Gasteiger partial charge in [-0.2, -0.15) is 0 Å². The van der Waals surface area contributed by atoms with Crippen molar-refractivity contribution in [1.29, 1.82) is 0 Å². The number of nitrogens with zero attached hydrogens (tertiary/aromatic N) is 2. The molecule has 0 radical (unpaired) electrons. The summed E-state index contributed by atoms with van der Waals surface area (Å²) >= 11 is 5.00. The van der Waals surface area contributed by atoms with Crippen molar-refractivity contribution >= 4 is 38.4 Å². The van der Waals surface area contributed by atoms with E-state index >= 15 is 0 Å². The largest absolute Gasteiger partial charge is 0.435 e. The van der Waals surface area contributed by atoms with E-state index in [9.17, 15) is 0 Å². The number of aromatic nitrogens is 2. The molecule has 3 rings (SSSR count). The van der Waals surface area contributed by atoms with E-state index in [1.165, 1.54) is 0 Å². The van der Waals surface area contributed by atoms with Gasteiger partial charge < -0.3 is 10.2 Å². The molecule has 0 amide bonds. The van der Waals surface area contributed by atoms with Crippen molar-refractivity contribution in [2.24, 2.45) is 5.73 Å². The first kappa shape index (κ1) is 11.8. The Labute approximate surface area is 116 Å². The van der Waals surface area contributed by atoms with Crippen molar-refractivity contribution in [3.8, 4) is 11.6 Å². The van der Waals surface area contributed by atoms with Gasteiger partial charge in [0.25, 0.3) is 0 Å². The number of nitrogens with two attached hydrogens (primary N) is 1. The lowest BCUT2D eigenvalue weighted by molar-refractivity contribution is 0.617. The maximum atomic E-state index is 5.68. The summed E-state index contributed by atoms with van der Waals surface area (Å²) in [5, 5.41) is 2.96. The zero-order valence-electron chi connectivity index (χ0n) is 9.39. The monoisotopic (exact) mass is 323 g/mol. The first-order valence-electron chi connectivity index (χ1n) is 5.47. The number of fused-ring (bicyclic) bond motifs is 1. The van der Waals surface area contributed by atoms with Crippen molar-refractivity contribution in [2.75, 3.05) is 6.54 Å². The third-order valence-electron chi connectivity index (χ3n) is 2.48. The number of hydrogen-bond donors (Lipinski definition) is 1. The third-order valence-corrected chi connectivity index (χ3v) is 3.88. The summed E-state index contributed by atoms with van der Waals surface area (Å²) in [5.74, 6) is 0.558. The van der Waals surface area contributed by atoms with Crippen LogP contribution in [-0.2, 0) is 6.42 Å². The average Bonchev–Trinajstić information content (AvgIpc) is 2.94. The Kier molecular flexibility index (Phi) is 3.15. The molecule has 2 heterocycles. The Morgan fingerprint density at radius 1 is 1.33 bits per heavy atom. The number of benzene rings is 1. The molecule has 0 bridgehead atoms. The third kappa shape index (κ3) is 2.19. The molecule has 0 aliphatic carbocycles. The van der Waals surface area contributed by atoms with Crippen LogP contribution in [0.25, 0.3) is 22.7 Å². The van der Waals surface area contributed by atoms with Crippen LogP contribution in [-0.4, -0.2) is 16.5 Å². The molecule has 0 aliphatic rings. The molecule has 0 fully saturated rings. The lowest BCUT2D eigenvalue weighted by Crippen LogP contribution is -2.01. The summed E-state index contributed by atoms with van der Waals surface area (Å²) in [4.78, 5) is 8.89. The number of oxazole rings is 1. The normalized spacial score (nSPS) is 11.2. The van der Waals surface area contributed by atoms with Crippen molar-refractivity contribution in [3.05, 3.63) is 33.1 Å². The summed E-state index contributed by atoms with van der Waals surface area (Å²) in [6, 6.07) is 5.75. The second-order valence-electron chi connectivity index (χ2n) is 3.80. The van der Waals surface area contributed by atoms with Gasteiger partial charge in [-0.25, -0.2) is 9.97 Å². The highest BCUT2D eigenvalue weighted by Crippen LogP contribution is 2.27. The molecule has 2 aromatic heterocycles. The number of rotatable bonds is 3. The zero-order chi connectivity index (χ0) is 12.5. The van der Waals surface area contributed by atoms with Gasteiger partial charge in [0, 0.05) is 16.3 Å². The molecule has 3 aromatic rings. The molecule has 6 heteroatoms. The van der Waals surface area contributed by atoms with E-state index in [1.807, 2.05) is 23.6 Å². The van der Waals surface area contributed by atoms with Gasteiger partial charge >= 0.3 is 0 Å². The van der Waals surface area contributed by atoms with Gasteiger partial charge in [-0.1, -0.05) is 15.9 Å². The smallest absolute Gasteiger partial charge is 0.247 e. The summed E-state index contributed by atoms with van der Waals surface area (Å²) in [5.41, 5.74) is 7.87. The molecule has 0 saturated carbocycles. The fourth-order valence-corrected chi connectivity index (χ4v) is 2.79. The molecular weight excluding hydrogens is 314 g/mol. The Morgan fingerprint density at radius 2 is 2.22 bits per heavy atom. The molecule has 0 spiro atoms. The van der Waals surface area contributed by atoms with Crippen molar-refractivity contribution in [1.82, 2.24) is 9.97 Å². The maximum Gasteiger partial charge on any atom is 0.247 e. The molecule has 0 unspecified atom stereocenters. The summed E-state index contributed by atoms with van der Waals surface area (Å²) in [6.07, 6.45) is 0.788. The highest BCUT2D eigenvalue weighted by molar-refractivity contribution is 9.10. The van der Waals surface area contributed by atoms with Gasteiger partial charge in [0.1, 0.15) is 11.2 Å². The number of halogens is 1. The standard InChI is InChI=1S/C12H10BrN3OS/c13-7-1-2-10-8(5-7)16-12(17-10)9-6-18-11(15-9)3-4-14/h1-2,5-6H,3-4,14H2. The van der Waals surface area contributed by atoms with E-state index in [0.717, 1.165) is 32.7 Å². The fourth-order valence-electron chi connectivity index (χ4n) is 1.66. The zero-order valence-corrected chi connectivity index (χ0v) is 11.8. The Morgan fingerprint density at radius 3 is 3.06 bits per heavy atom. The van der Waals surface area contributed by atoms with Crippen LogP contribution >= 0.6 is 27.3 Å². The Hall–Kier alpha value is -1.24. The van der Waals surface area contributed by atoms with Gasteiger partial charge in [-0.15, -0.1) is 11.3 Å². The molecule has 92 valence electrons. The summed E-state index contributed by atoms with van der Waals surface area (Å²) < 4.78 is 6.66. The molecule has 18 heavy (non-hydrogen) atoms. The minimum atomic E-state index is 0.558. The summed E-state index contributed by atoms with van der Waals surface area (Å²) in [6.45, 7) is 0.605. The van der Waals surface area contributed by atoms with Crippen LogP contribution in [0.4, 0.5) is 0 Å². The molecule has 0 saturated heterocycles. The minimum absolute atomic E-state index is 0.558. The van der Waals surface area contributed by atoms with Crippen LogP contribution in [0.2, 0.25) is 0 Å². The van der Waals surface area contributed by atoms with Crippen LogP contribution in [0, 0.1) is 0 Å². The predicted molar refractivity (Wildman–Crippen MR) is 75.6 cm³/mol. The summed E-state index contributed by atoms with van der Waals surface area (Å²) in [7, 11) is 0. The van der Waals surface area contributed by atoms with Crippen molar-refractivity contribution < 1.29 is 4.42 Å². The fraction of sp³-hybridized carbons (Fsp3) is 0.167. The quantitative estimate of drug-likeness (QED) is 0.803. The molecular formula is C12H10BrN3OS. The lowest BCUT2D eigenvalue weighted by Gasteiger charge is -1.88. The van der Waals surface area contributed by atoms with Crippen LogP contribution in [0.1, 0.15) is 5.01 Å². The van der Waals surface area contributed by atoms with Gasteiger partial charge in [-0.05, 0) is 24.7 Å². The second kappa shape index (κ2) is 4.79. The van der Waals surface area contributed by atoms with E-state index in [0.29, 0.717) is 12.4 Å². The molecule has 4 nitrogen and oxygen atoms in total. The highest BCUT2D eigenvalue weighted by atomic mass is 79.9. The number of hydrogen-bond acceptors (Lipinski definition) is 5. The van der Waals surface area contributed by atoms with Gasteiger partial charge in [0.2, 0.25) is 5.89 Å². The highest BCUT2D eigenvalue weighted by Gasteiger charge is 2.11. The Balaban J connectivity index is 2.02. The SMILES string of the molecule is NCCc1nc(-c2nc3cc(Br)ccc3o2)cs1. The number of thiazole rings is 1. The van der Waals surface area contributed by atoms with E-state index in [4.69, 9.17) is 10.2 Å². The van der Waals surface area contributed by atoms with Crippen molar-refractivity contribution in [3.63, 3.8) is 0 Å². The molecule has 2 N–H and O–H groups in total. The second-order valence-corrected chi connectivity index (χ2v) is 5.65. The van der Waals surface area contributed by atoms with Gasteiger partial charge in [0.15, 0.2) is 5.58 Å². The molecule has 0 aliphatic heterocycles. The topological polar surface area (TPSA) is 64.9 Å². The van der Waals surface area contributed by atoms with Crippen molar-refractivity contribution in [2.45, 2.75) is 6.42 Å². The lowest BCUT2D eigenvalue weighted by atomic mass is 10.3.